The molecule has 0 amide bonds. The highest BCUT2D eigenvalue weighted by molar-refractivity contribution is 7.99. The van der Waals surface area contributed by atoms with E-state index in [0.29, 0.717) is 11.6 Å². The van der Waals surface area contributed by atoms with E-state index < -0.39 is 5.97 Å². The SMILES string of the molecule is CCOC(=O)CSc1cc(C(=O)O)ccn1. The quantitative estimate of drug-likeness (QED) is 0.621. The van der Waals surface area contributed by atoms with Crippen LogP contribution in [0.2, 0.25) is 0 Å². The summed E-state index contributed by atoms with van der Waals surface area (Å²) >= 11 is 1.15. The number of carboxylic acids is 1. The van der Waals surface area contributed by atoms with E-state index in [4.69, 9.17) is 9.84 Å². The average molecular weight is 241 g/mol. The highest BCUT2D eigenvalue weighted by Crippen LogP contribution is 2.16. The summed E-state index contributed by atoms with van der Waals surface area (Å²) in [7, 11) is 0. The highest BCUT2D eigenvalue weighted by Gasteiger charge is 2.07. The molecule has 0 aromatic carbocycles. The monoisotopic (exact) mass is 241 g/mol. The normalized spacial score (nSPS) is 9.81. The number of carbonyl (C=O) groups is 2. The van der Waals surface area contributed by atoms with E-state index in [2.05, 4.69) is 4.98 Å². The zero-order valence-electron chi connectivity index (χ0n) is 8.67. The Morgan fingerprint density at radius 1 is 1.56 bits per heavy atom. The third-order valence-electron chi connectivity index (χ3n) is 1.63. The summed E-state index contributed by atoms with van der Waals surface area (Å²) in [6.45, 7) is 2.06. The largest absolute Gasteiger partial charge is 0.478 e. The number of esters is 1. The number of carbonyl (C=O) groups excluding carboxylic acids is 1. The Hall–Kier alpha value is -1.56. The summed E-state index contributed by atoms with van der Waals surface area (Å²) in [5.74, 6) is -1.22. The molecule has 86 valence electrons. The maximum Gasteiger partial charge on any atom is 0.335 e. The lowest BCUT2D eigenvalue weighted by Crippen LogP contribution is -2.06. The molecule has 0 spiro atoms. The Kier molecular flexibility index (Phi) is 4.78. The second-order valence-electron chi connectivity index (χ2n) is 2.78. The van der Waals surface area contributed by atoms with Crippen LogP contribution in [0.3, 0.4) is 0 Å². The molecule has 6 heteroatoms. The summed E-state index contributed by atoms with van der Waals surface area (Å²) in [5.41, 5.74) is 0.154. The predicted octanol–water partition coefficient (Wildman–Crippen LogP) is 1.44. The number of aromatic carboxylic acids is 1. The van der Waals surface area contributed by atoms with E-state index in [0.717, 1.165) is 11.8 Å². The molecular formula is C10H11NO4S. The Labute approximate surface area is 96.8 Å². The van der Waals surface area contributed by atoms with Crippen molar-refractivity contribution < 1.29 is 19.4 Å². The smallest absolute Gasteiger partial charge is 0.335 e. The predicted molar refractivity (Wildman–Crippen MR) is 58.6 cm³/mol. The van der Waals surface area contributed by atoms with Gasteiger partial charge in [-0.3, -0.25) is 4.79 Å². The third-order valence-corrected chi connectivity index (χ3v) is 2.52. The van der Waals surface area contributed by atoms with E-state index in [1.807, 2.05) is 0 Å². The second-order valence-corrected chi connectivity index (χ2v) is 3.78. The van der Waals surface area contributed by atoms with Gasteiger partial charge in [0, 0.05) is 6.20 Å². The van der Waals surface area contributed by atoms with Crippen molar-refractivity contribution in [2.24, 2.45) is 0 Å². The summed E-state index contributed by atoms with van der Waals surface area (Å²) in [5, 5.41) is 9.24. The van der Waals surface area contributed by atoms with Gasteiger partial charge in [0.1, 0.15) is 0 Å². The van der Waals surface area contributed by atoms with Gasteiger partial charge in [0.25, 0.3) is 0 Å². The Morgan fingerprint density at radius 3 is 2.94 bits per heavy atom. The minimum atomic E-state index is -1.01. The molecule has 1 N–H and O–H groups in total. The maximum atomic E-state index is 11.0. The number of ether oxygens (including phenoxy) is 1. The third kappa shape index (κ3) is 3.90. The molecule has 5 nitrogen and oxygen atoms in total. The van der Waals surface area contributed by atoms with Gasteiger partial charge in [-0.2, -0.15) is 0 Å². The molecule has 0 saturated heterocycles. The molecule has 0 aliphatic rings. The number of carboxylic acid groups (broad SMARTS) is 1. The van der Waals surface area contributed by atoms with Gasteiger partial charge in [-0.15, -0.1) is 0 Å². The van der Waals surface area contributed by atoms with Crippen LogP contribution in [0.4, 0.5) is 0 Å². The molecule has 1 rings (SSSR count). The van der Waals surface area contributed by atoms with Crippen LogP contribution in [0.15, 0.2) is 23.4 Å². The van der Waals surface area contributed by atoms with E-state index in [1.54, 1.807) is 6.92 Å². The molecular weight excluding hydrogens is 230 g/mol. The minimum absolute atomic E-state index is 0.129. The summed E-state index contributed by atoms with van der Waals surface area (Å²) in [4.78, 5) is 25.7. The van der Waals surface area contributed by atoms with Gasteiger partial charge in [0.2, 0.25) is 0 Å². The zero-order chi connectivity index (χ0) is 12.0. The standard InChI is InChI=1S/C10H11NO4S/c1-2-15-9(12)6-16-8-5-7(10(13)14)3-4-11-8/h3-5H,2,6H2,1H3,(H,13,14). The minimum Gasteiger partial charge on any atom is -0.478 e. The van der Waals surface area contributed by atoms with Gasteiger partial charge < -0.3 is 9.84 Å². The van der Waals surface area contributed by atoms with Crippen molar-refractivity contribution in [2.75, 3.05) is 12.4 Å². The van der Waals surface area contributed by atoms with Crippen molar-refractivity contribution in [3.05, 3.63) is 23.9 Å². The van der Waals surface area contributed by atoms with E-state index in [9.17, 15) is 9.59 Å². The van der Waals surface area contributed by atoms with Crippen LogP contribution in [0, 0.1) is 0 Å². The van der Waals surface area contributed by atoms with Gasteiger partial charge in [0.15, 0.2) is 0 Å². The molecule has 0 radical (unpaired) electrons. The van der Waals surface area contributed by atoms with Crippen LogP contribution in [0.5, 0.6) is 0 Å². The lowest BCUT2D eigenvalue weighted by atomic mass is 10.3. The number of hydrogen-bond acceptors (Lipinski definition) is 5. The van der Waals surface area contributed by atoms with Crippen LogP contribution in [0.1, 0.15) is 17.3 Å². The van der Waals surface area contributed by atoms with Crippen molar-refractivity contribution in [1.29, 1.82) is 0 Å². The number of rotatable bonds is 5. The molecule has 1 aromatic heterocycles. The maximum absolute atomic E-state index is 11.0. The van der Waals surface area contributed by atoms with Gasteiger partial charge >= 0.3 is 11.9 Å². The summed E-state index contributed by atoms with van der Waals surface area (Å²) in [6.07, 6.45) is 1.40. The van der Waals surface area contributed by atoms with E-state index in [1.165, 1.54) is 18.3 Å². The molecule has 0 aliphatic carbocycles. The molecule has 1 aromatic rings. The van der Waals surface area contributed by atoms with Crippen LogP contribution >= 0.6 is 11.8 Å². The Balaban J connectivity index is 2.57. The Morgan fingerprint density at radius 2 is 2.31 bits per heavy atom. The molecule has 0 aliphatic heterocycles. The zero-order valence-corrected chi connectivity index (χ0v) is 9.49. The van der Waals surface area contributed by atoms with Crippen molar-refractivity contribution >= 4 is 23.7 Å². The average Bonchev–Trinajstić information content (AvgIpc) is 2.27. The molecule has 0 saturated carbocycles. The number of pyridine rings is 1. The highest BCUT2D eigenvalue weighted by atomic mass is 32.2. The molecule has 0 atom stereocenters. The van der Waals surface area contributed by atoms with E-state index >= 15 is 0 Å². The first kappa shape index (κ1) is 12.5. The van der Waals surface area contributed by atoms with Crippen LogP contribution in [-0.4, -0.2) is 34.4 Å². The molecule has 1 heterocycles. The van der Waals surface area contributed by atoms with Crippen molar-refractivity contribution in [1.82, 2.24) is 4.98 Å². The van der Waals surface area contributed by atoms with E-state index in [-0.39, 0.29) is 17.3 Å². The number of thioether (sulfide) groups is 1. The lowest BCUT2D eigenvalue weighted by molar-refractivity contribution is -0.139. The number of nitrogens with zero attached hydrogens (tertiary/aromatic N) is 1. The van der Waals surface area contributed by atoms with Gasteiger partial charge in [-0.1, -0.05) is 11.8 Å². The first-order chi connectivity index (χ1) is 7.63. The lowest BCUT2D eigenvalue weighted by Gasteiger charge is -2.02. The van der Waals surface area contributed by atoms with Crippen molar-refractivity contribution in [2.45, 2.75) is 11.9 Å². The van der Waals surface area contributed by atoms with Crippen LogP contribution < -0.4 is 0 Å². The number of hydrogen-bond donors (Lipinski definition) is 1. The second kappa shape index (κ2) is 6.12. The fourth-order valence-corrected chi connectivity index (χ4v) is 1.65. The molecule has 0 fully saturated rings. The van der Waals surface area contributed by atoms with Crippen LogP contribution in [0.25, 0.3) is 0 Å². The van der Waals surface area contributed by atoms with Gasteiger partial charge in [0.05, 0.1) is 22.9 Å². The summed E-state index contributed by atoms with van der Waals surface area (Å²) in [6, 6.07) is 2.82. The molecule has 0 bridgehead atoms. The Bertz CT molecular complexity index is 394. The van der Waals surface area contributed by atoms with Crippen molar-refractivity contribution in [3.63, 3.8) is 0 Å². The topological polar surface area (TPSA) is 76.5 Å². The molecule has 16 heavy (non-hydrogen) atoms. The fourth-order valence-electron chi connectivity index (χ4n) is 0.957. The molecule has 0 unspecified atom stereocenters. The fraction of sp³-hybridized carbons (Fsp3) is 0.300. The van der Waals surface area contributed by atoms with Crippen LogP contribution in [-0.2, 0) is 9.53 Å². The first-order valence-electron chi connectivity index (χ1n) is 4.61. The summed E-state index contributed by atoms with van der Waals surface area (Å²) < 4.78 is 4.74. The first-order valence-corrected chi connectivity index (χ1v) is 5.59. The van der Waals surface area contributed by atoms with Gasteiger partial charge in [-0.25, -0.2) is 9.78 Å². The number of aromatic nitrogens is 1. The van der Waals surface area contributed by atoms with Crippen molar-refractivity contribution in [3.8, 4) is 0 Å². The van der Waals surface area contributed by atoms with Gasteiger partial charge in [-0.05, 0) is 19.1 Å².